The molecule has 1 amide bonds. The fraction of sp³-hybridized carbons (Fsp3) is 0.467. The maximum atomic E-state index is 12.3. The third-order valence-corrected chi connectivity index (χ3v) is 3.77. The van der Waals surface area contributed by atoms with Crippen LogP contribution in [0, 0.1) is 5.92 Å². The Labute approximate surface area is 112 Å². The van der Waals surface area contributed by atoms with Crippen molar-refractivity contribution < 1.29 is 9.90 Å². The van der Waals surface area contributed by atoms with Gasteiger partial charge in [-0.25, -0.2) is 0 Å². The van der Waals surface area contributed by atoms with Crippen molar-refractivity contribution in [3.63, 3.8) is 0 Å². The maximum Gasteiger partial charge on any atom is 0.253 e. The molecule has 2 atom stereocenters. The van der Waals surface area contributed by atoms with Crippen LogP contribution < -0.4 is 5.32 Å². The first-order valence-corrected chi connectivity index (χ1v) is 6.83. The highest BCUT2D eigenvalue weighted by Crippen LogP contribution is 2.40. The van der Waals surface area contributed by atoms with E-state index in [2.05, 4.69) is 10.3 Å². The summed E-state index contributed by atoms with van der Waals surface area (Å²) < 4.78 is 0. The van der Waals surface area contributed by atoms with Crippen molar-refractivity contribution in [3.8, 4) is 0 Å². The molecule has 2 aliphatic rings. The average Bonchev–Trinajstić information content (AvgIpc) is 3.19. The molecule has 0 unspecified atom stereocenters. The largest absolute Gasteiger partial charge is 0.396 e. The van der Waals surface area contributed by atoms with Crippen LogP contribution in [0.4, 0.5) is 0 Å². The number of nitrogens with zero attached hydrogens (tertiary/aromatic N) is 1. The summed E-state index contributed by atoms with van der Waals surface area (Å²) in [6, 6.07) is 3.68. The summed E-state index contributed by atoms with van der Waals surface area (Å²) in [6.45, 7) is 0.142. The van der Waals surface area contributed by atoms with E-state index >= 15 is 0 Å². The molecule has 1 aromatic heterocycles. The predicted molar refractivity (Wildman–Crippen MR) is 71.8 cm³/mol. The van der Waals surface area contributed by atoms with Crippen LogP contribution in [0.25, 0.3) is 0 Å². The Kier molecular flexibility index (Phi) is 3.34. The van der Waals surface area contributed by atoms with E-state index < -0.39 is 0 Å². The second kappa shape index (κ2) is 5.13. The van der Waals surface area contributed by atoms with E-state index in [1.54, 1.807) is 6.20 Å². The lowest BCUT2D eigenvalue weighted by molar-refractivity contribution is 0.0939. The van der Waals surface area contributed by atoms with Crippen LogP contribution in [0.3, 0.4) is 0 Å². The molecule has 1 fully saturated rings. The van der Waals surface area contributed by atoms with Crippen molar-refractivity contribution >= 4 is 5.91 Å². The Morgan fingerprint density at radius 3 is 2.95 bits per heavy atom. The first-order valence-electron chi connectivity index (χ1n) is 6.83. The zero-order chi connectivity index (χ0) is 13.2. The van der Waals surface area contributed by atoms with Gasteiger partial charge in [-0.05, 0) is 31.4 Å². The summed E-state index contributed by atoms with van der Waals surface area (Å²) >= 11 is 0. The summed E-state index contributed by atoms with van der Waals surface area (Å²) in [5.41, 5.74) is 1.63. The summed E-state index contributed by atoms with van der Waals surface area (Å²) in [5, 5.41) is 12.1. The van der Waals surface area contributed by atoms with Crippen molar-refractivity contribution in [2.24, 2.45) is 5.92 Å². The second-order valence-electron chi connectivity index (χ2n) is 5.35. The van der Waals surface area contributed by atoms with E-state index in [4.69, 9.17) is 5.11 Å². The number of nitrogens with one attached hydrogen (secondary N) is 1. The summed E-state index contributed by atoms with van der Waals surface area (Å²) in [7, 11) is 0. The van der Waals surface area contributed by atoms with Gasteiger partial charge in [-0.15, -0.1) is 0 Å². The van der Waals surface area contributed by atoms with Gasteiger partial charge < -0.3 is 10.4 Å². The number of aliphatic hydroxyl groups is 1. The van der Waals surface area contributed by atoms with Crippen LogP contribution >= 0.6 is 0 Å². The van der Waals surface area contributed by atoms with Crippen molar-refractivity contribution in [3.05, 3.63) is 41.7 Å². The van der Waals surface area contributed by atoms with Gasteiger partial charge in [0.2, 0.25) is 0 Å². The van der Waals surface area contributed by atoms with Crippen molar-refractivity contribution in [1.29, 1.82) is 0 Å². The fourth-order valence-corrected chi connectivity index (χ4v) is 2.55. The Balaban J connectivity index is 1.69. The Morgan fingerprint density at radius 1 is 1.42 bits per heavy atom. The molecular weight excluding hydrogens is 240 g/mol. The predicted octanol–water partition coefficient (Wildman–Crippen LogP) is 1.63. The smallest absolute Gasteiger partial charge is 0.253 e. The van der Waals surface area contributed by atoms with Gasteiger partial charge in [-0.1, -0.05) is 12.2 Å². The molecule has 100 valence electrons. The minimum Gasteiger partial charge on any atom is -0.396 e. The second-order valence-corrected chi connectivity index (χ2v) is 5.35. The molecule has 3 rings (SSSR count). The van der Waals surface area contributed by atoms with E-state index in [1.807, 2.05) is 24.3 Å². The van der Waals surface area contributed by atoms with Crippen LogP contribution in [0.1, 0.15) is 41.2 Å². The molecule has 1 heterocycles. The molecule has 0 aromatic carbocycles. The van der Waals surface area contributed by atoms with Crippen LogP contribution in [0.2, 0.25) is 0 Å². The molecule has 2 N–H and O–H groups in total. The van der Waals surface area contributed by atoms with Gasteiger partial charge in [0.1, 0.15) is 0 Å². The van der Waals surface area contributed by atoms with Crippen LogP contribution in [-0.4, -0.2) is 28.6 Å². The van der Waals surface area contributed by atoms with E-state index in [1.165, 1.54) is 0 Å². The molecule has 0 saturated heterocycles. The monoisotopic (exact) mass is 258 g/mol. The van der Waals surface area contributed by atoms with Gasteiger partial charge in [0.15, 0.2) is 0 Å². The number of pyridine rings is 1. The Morgan fingerprint density at radius 2 is 2.26 bits per heavy atom. The maximum absolute atomic E-state index is 12.3. The summed E-state index contributed by atoms with van der Waals surface area (Å²) in [6.07, 6.45) is 8.73. The van der Waals surface area contributed by atoms with E-state index in [9.17, 15) is 4.79 Å². The van der Waals surface area contributed by atoms with Crippen molar-refractivity contribution in [2.45, 2.75) is 31.2 Å². The molecule has 0 aliphatic heterocycles. The van der Waals surface area contributed by atoms with Gasteiger partial charge in [-0.2, -0.15) is 0 Å². The number of hydrogen-bond acceptors (Lipinski definition) is 3. The van der Waals surface area contributed by atoms with Crippen molar-refractivity contribution in [1.82, 2.24) is 10.3 Å². The van der Waals surface area contributed by atoms with Crippen molar-refractivity contribution in [2.75, 3.05) is 6.61 Å². The first-order chi connectivity index (χ1) is 9.28. The highest BCUT2D eigenvalue weighted by atomic mass is 16.3. The standard InChI is InChI=1S/C15H18N2O2/c18-9-10-3-6-12(8-10)17-15(19)13-2-1-7-16-14(13)11-4-5-11/h1-3,6-7,10-12,18H,4-5,8-9H2,(H,17,19)/t10-,12+/m0/s1. The summed E-state index contributed by atoms with van der Waals surface area (Å²) in [5.74, 6) is 0.580. The fourth-order valence-electron chi connectivity index (χ4n) is 2.55. The molecule has 1 saturated carbocycles. The number of rotatable bonds is 4. The van der Waals surface area contributed by atoms with E-state index in [0.29, 0.717) is 11.5 Å². The van der Waals surface area contributed by atoms with E-state index in [-0.39, 0.29) is 24.5 Å². The zero-order valence-corrected chi connectivity index (χ0v) is 10.7. The minimum absolute atomic E-state index is 0.0249. The zero-order valence-electron chi connectivity index (χ0n) is 10.7. The minimum atomic E-state index is -0.0526. The molecule has 4 heteroatoms. The molecule has 2 aliphatic carbocycles. The molecule has 0 bridgehead atoms. The third-order valence-electron chi connectivity index (χ3n) is 3.77. The average molecular weight is 258 g/mol. The lowest BCUT2D eigenvalue weighted by Gasteiger charge is -2.14. The number of carbonyl (C=O) groups is 1. The van der Waals surface area contributed by atoms with Crippen LogP contribution in [-0.2, 0) is 0 Å². The van der Waals surface area contributed by atoms with Crippen LogP contribution in [0.15, 0.2) is 30.5 Å². The Bertz CT molecular complexity index is 509. The highest BCUT2D eigenvalue weighted by molar-refractivity contribution is 5.95. The quantitative estimate of drug-likeness (QED) is 0.807. The SMILES string of the molecule is O=C(N[C@@H]1C=C[C@H](CO)C1)c1cccnc1C1CC1. The lowest BCUT2D eigenvalue weighted by atomic mass is 10.1. The lowest BCUT2D eigenvalue weighted by Crippen LogP contribution is -2.33. The normalized spacial score (nSPS) is 25.5. The molecule has 0 spiro atoms. The highest BCUT2D eigenvalue weighted by Gasteiger charge is 2.30. The van der Waals surface area contributed by atoms with E-state index in [0.717, 1.165) is 25.0 Å². The van der Waals surface area contributed by atoms with Gasteiger partial charge >= 0.3 is 0 Å². The van der Waals surface area contributed by atoms with Gasteiger partial charge in [0, 0.05) is 30.7 Å². The summed E-state index contributed by atoms with van der Waals surface area (Å²) in [4.78, 5) is 16.6. The number of aliphatic hydroxyl groups excluding tert-OH is 1. The third kappa shape index (κ3) is 2.68. The number of amides is 1. The first kappa shape index (κ1) is 12.4. The Hall–Kier alpha value is -1.68. The van der Waals surface area contributed by atoms with Gasteiger partial charge in [-0.3, -0.25) is 9.78 Å². The molecular formula is C15H18N2O2. The number of aromatic nitrogens is 1. The van der Waals surface area contributed by atoms with Gasteiger partial charge in [0.25, 0.3) is 5.91 Å². The van der Waals surface area contributed by atoms with Gasteiger partial charge in [0.05, 0.1) is 11.3 Å². The molecule has 19 heavy (non-hydrogen) atoms. The molecule has 1 aromatic rings. The number of carbonyl (C=O) groups excluding carboxylic acids is 1. The van der Waals surface area contributed by atoms with Crippen LogP contribution in [0.5, 0.6) is 0 Å². The topological polar surface area (TPSA) is 62.2 Å². The molecule has 4 nitrogen and oxygen atoms in total. The number of hydrogen-bond donors (Lipinski definition) is 2. The molecule has 0 radical (unpaired) electrons.